The number of carbonyl (C=O) groups is 1. The van der Waals surface area contributed by atoms with E-state index in [0.29, 0.717) is 24.4 Å². The summed E-state index contributed by atoms with van der Waals surface area (Å²) in [6.07, 6.45) is 2.24. The van der Waals surface area contributed by atoms with E-state index in [9.17, 15) is 9.90 Å². The van der Waals surface area contributed by atoms with Gasteiger partial charge in [-0.1, -0.05) is 62.4 Å². The van der Waals surface area contributed by atoms with Crippen molar-refractivity contribution in [2.24, 2.45) is 5.92 Å². The fourth-order valence-corrected chi connectivity index (χ4v) is 3.54. The highest BCUT2D eigenvalue weighted by Gasteiger charge is 2.45. The Labute approximate surface area is 174 Å². The largest absolute Gasteiger partial charge is 0.390 e. The molecular weight excluding hydrogens is 372 g/mol. The number of halogens is 1. The van der Waals surface area contributed by atoms with Crippen molar-refractivity contribution < 1.29 is 9.90 Å². The van der Waals surface area contributed by atoms with Gasteiger partial charge in [-0.2, -0.15) is 0 Å². The number of amides is 1. The molecule has 4 nitrogen and oxygen atoms in total. The molecule has 0 heterocycles. The highest BCUT2D eigenvalue weighted by Crippen LogP contribution is 2.41. The fourth-order valence-electron chi connectivity index (χ4n) is 3.54. The maximum absolute atomic E-state index is 12.6. The highest BCUT2D eigenvalue weighted by atomic mass is 35.5. The minimum atomic E-state index is -0.658. The van der Waals surface area contributed by atoms with Crippen LogP contribution >= 0.6 is 12.4 Å². The van der Waals surface area contributed by atoms with Gasteiger partial charge in [0.2, 0.25) is 0 Å². The summed E-state index contributed by atoms with van der Waals surface area (Å²) in [6.45, 7) is 4.90. The number of carbonyl (C=O) groups excluding carboxylic acids is 1. The van der Waals surface area contributed by atoms with Gasteiger partial charge in [0.05, 0.1) is 12.1 Å². The van der Waals surface area contributed by atoms with Gasteiger partial charge in [-0.05, 0) is 42.9 Å². The molecular formula is C23H31ClN2O2. The summed E-state index contributed by atoms with van der Waals surface area (Å²) in [5.41, 5.74) is 1.86. The van der Waals surface area contributed by atoms with Crippen LogP contribution in [0.2, 0.25) is 0 Å². The van der Waals surface area contributed by atoms with E-state index in [1.807, 2.05) is 48.5 Å². The van der Waals surface area contributed by atoms with Crippen LogP contribution in [0, 0.1) is 5.92 Å². The number of rotatable bonds is 9. The lowest BCUT2D eigenvalue weighted by Gasteiger charge is -2.28. The molecule has 1 aliphatic rings. The summed E-state index contributed by atoms with van der Waals surface area (Å²) < 4.78 is 0. The van der Waals surface area contributed by atoms with Gasteiger partial charge < -0.3 is 15.7 Å². The smallest absolute Gasteiger partial charge is 0.251 e. The summed E-state index contributed by atoms with van der Waals surface area (Å²) in [6, 6.07) is 18.8. The lowest BCUT2D eigenvalue weighted by molar-refractivity contribution is 0.0817. The Morgan fingerprint density at radius 2 is 1.61 bits per heavy atom. The zero-order chi connectivity index (χ0) is 19.3. The standard InChI is InChI=1S/C23H30N2O2.ClH/c1-17(2)23(13-14-23)24-16-21(26)20(15-18-9-5-3-6-10-18)25-22(27)19-11-7-4-8-12-19;/h3-12,17,20-21,24,26H,13-16H2,1-2H3,(H,25,27);1H/t20-,21+;/m0./s1. The van der Waals surface area contributed by atoms with E-state index in [0.717, 1.165) is 18.4 Å². The average Bonchev–Trinajstić information content (AvgIpc) is 3.48. The first-order valence-electron chi connectivity index (χ1n) is 9.83. The maximum Gasteiger partial charge on any atom is 0.251 e. The monoisotopic (exact) mass is 402 g/mol. The van der Waals surface area contributed by atoms with E-state index < -0.39 is 6.10 Å². The zero-order valence-corrected chi connectivity index (χ0v) is 17.4. The Balaban J connectivity index is 0.00000280. The number of benzene rings is 2. The SMILES string of the molecule is CC(C)C1(NC[C@@H](O)[C@H](Cc2ccccc2)NC(=O)c2ccccc2)CC1.Cl. The lowest BCUT2D eigenvalue weighted by Crippen LogP contribution is -2.51. The molecule has 0 unspecified atom stereocenters. The van der Waals surface area contributed by atoms with E-state index in [4.69, 9.17) is 0 Å². The summed E-state index contributed by atoms with van der Waals surface area (Å²) in [4.78, 5) is 12.6. The van der Waals surface area contributed by atoms with Crippen molar-refractivity contribution in [1.29, 1.82) is 0 Å². The molecule has 152 valence electrons. The van der Waals surface area contributed by atoms with E-state index in [-0.39, 0.29) is 29.9 Å². The van der Waals surface area contributed by atoms with Crippen molar-refractivity contribution in [2.45, 2.75) is 50.8 Å². The number of hydrogen-bond donors (Lipinski definition) is 3. The van der Waals surface area contributed by atoms with Crippen LogP contribution in [0.4, 0.5) is 0 Å². The first kappa shape index (κ1) is 22.4. The molecule has 2 atom stereocenters. The first-order valence-corrected chi connectivity index (χ1v) is 9.83. The number of nitrogens with one attached hydrogen (secondary N) is 2. The quantitative estimate of drug-likeness (QED) is 0.600. The van der Waals surface area contributed by atoms with Crippen LogP contribution in [0.1, 0.15) is 42.6 Å². The third-order valence-electron chi connectivity index (χ3n) is 5.67. The van der Waals surface area contributed by atoms with E-state index in [1.54, 1.807) is 12.1 Å². The fraction of sp³-hybridized carbons (Fsp3) is 0.435. The topological polar surface area (TPSA) is 61.4 Å². The van der Waals surface area contributed by atoms with Crippen LogP contribution < -0.4 is 10.6 Å². The van der Waals surface area contributed by atoms with E-state index in [2.05, 4.69) is 24.5 Å². The minimum Gasteiger partial charge on any atom is -0.390 e. The van der Waals surface area contributed by atoms with Gasteiger partial charge in [0, 0.05) is 17.6 Å². The van der Waals surface area contributed by atoms with Gasteiger partial charge in [-0.15, -0.1) is 12.4 Å². The molecule has 0 saturated heterocycles. The average molecular weight is 403 g/mol. The molecule has 1 saturated carbocycles. The van der Waals surface area contributed by atoms with Crippen molar-refractivity contribution in [2.75, 3.05) is 6.54 Å². The number of β-amino-alcohol motifs (C(OH)–C–C–N with tert-alkyl or cyclic N) is 1. The van der Waals surface area contributed by atoms with Crippen molar-refractivity contribution in [3.63, 3.8) is 0 Å². The van der Waals surface area contributed by atoms with E-state index in [1.165, 1.54) is 0 Å². The Morgan fingerprint density at radius 1 is 1.04 bits per heavy atom. The Hall–Kier alpha value is -1.88. The molecule has 28 heavy (non-hydrogen) atoms. The number of hydrogen-bond acceptors (Lipinski definition) is 3. The second-order valence-corrected chi connectivity index (χ2v) is 7.89. The molecule has 0 aromatic heterocycles. The molecule has 0 aliphatic heterocycles. The van der Waals surface area contributed by atoms with Crippen LogP contribution in [0.25, 0.3) is 0 Å². The van der Waals surface area contributed by atoms with Gasteiger partial charge in [-0.3, -0.25) is 4.79 Å². The molecule has 1 fully saturated rings. The number of aliphatic hydroxyl groups excluding tert-OH is 1. The zero-order valence-electron chi connectivity index (χ0n) is 16.6. The Bertz CT molecular complexity index is 733. The molecule has 0 radical (unpaired) electrons. The van der Waals surface area contributed by atoms with Crippen molar-refractivity contribution in [1.82, 2.24) is 10.6 Å². The summed E-state index contributed by atoms with van der Waals surface area (Å²) >= 11 is 0. The summed E-state index contributed by atoms with van der Waals surface area (Å²) in [7, 11) is 0. The third kappa shape index (κ3) is 5.81. The molecule has 1 aliphatic carbocycles. The Morgan fingerprint density at radius 3 is 2.14 bits per heavy atom. The molecule has 2 aromatic rings. The van der Waals surface area contributed by atoms with Gasteiger partial charge in [-0.25, -0.2) is 0 Å². The molecule has 5 heteroatoms. The van der Waals surface area contributed by atoms with Crippen LogP contribution in [-0.2, 0) is 6.42 Å². The molecule has 0 bridgehead atoms. The molecule has 1 amide bonds. The first-order chi connectivity index (χ1) is 13.0. The van der Waals surface area contributed by atoms with Crippen LogP contribution in [0.15, 0.2) is 60.7 Å². The van der Waals surface area contributed by atoms with Crippen molar-refractivity contribution in [3.05, 3.63) is 71.8 Å². The van der Waals surface area contributed by atoms with Crippen molar-refractivity contribution >= 4 is 18.3 Å². The normalized spacial score (nSPS) is 16.7. The number of aliphatic hydroxyl groups is 1. The molecule has 2 aromatic carbocycles. The molecule has 3 N–H and O–H groups in total. The second kappa shape index (κ2) is 10.1. The van der Waals surface area contributed by atoms with Gasteiger partial charge >= 0.3 is 0 Å². The van der Waals surface area contributed by atoms with Gasteiger partial charge in [0.15, 0.2) is 0 Å². The predicted molar refractivity (Wildman–Crippen MR) is 116 cm³/mol. The van der Waals surface area contributed by atoms with Gasteiger partial charge in [0.25, 0.3) is 5.91 Å². The third-order valence-corrected chi connectivity index (χ3v) is 5.67. The summed E-state index contributed by atoms with van der Waals surface area (Å²) in [5, 5.41) is 17.4. The molecule has 0 spiro atoms. The second-order valence-electron chi connectivity index (χ2n) is 7.89. The van der Waals surface area contributed by atoms with Crippen LogP contribution in [0.5, 0.6) is 0 Å². The lowest BCUT2D eigenvalue weighted by atomic mass is 9.98. The summed E-state index contributed by atoms with van der Waals surface area (Å²) in [5.74, 6) is 0.386. The molecule has 3 rings (SSSR count). The highest BCUT2D eigenvalue weighted by molar-refractivity contribution is 5.94. The van der Waals surface area contributed by atoms with E-state index >= 15 is 0 Å². The van der Waals surface area contributed by atoms with Crippen molar-refractivity contribution in [3.8, 4) is 0 Å². The Kier molecular flexibility index (Phi) is 8.05. The van der Waals surface area contributed by atoms with Crippen LogP contribution in [-0.4, -0.2) is 35.2 Å². The minimum absolute atomic E-state index is 0. The predicted octanol–water partition coefficient (Wildman–Crippen LogP) is 3.59. The van der Waals surface area contributed by atoms with Crippen LogP contribution in [0.3, 0.4) is 0 Å². The van der Waals surface area contributed by atoms with Gasteiger partial charge in [0.1, 0.15) is 0 Å². The maximum atomic E-state index is 12.6.